The van der Waals surface area contributed by atoms with Crippen molar-refractivity contribution in [3.8, 4) is 0 Å². The van der Waals surface area contributed by atoms with Crippen molar-refractivity contribution < 1.29 is 9.90 Å². The van der Waals surface area contributed by atoms with Gasteiger partial charge in [0.1, 0.15) is 0 Å². The average Bonchev–Trinajstić information content (AvgIpc) is 2.33. The number of carbonyl (C=O) groups excluding carboxylic acids is 1. The molecule has 0 unspecified atom stereocenters. The van der Waals surface area contributed by atoms with Gasteiger partial charge in [0.05, 0.1) is 12.1 Å². The van der Waals surface area contributed by atoms with Crippen molar-refractivity contribution in [1.82, 2.24) is 5.32 Å². The van der Waals surface area contributed by atoms with Crippen LogP contribution in [0.4, 0.5) is 0 Å². The highest BCUT2D eigenvalue weighted by molar-refractivity contribution is 5.98. The molecular formula is C16H25NO2. The van der Waals surface area contributed by atoms with Gasteiger partial charge in [-0.2, -0.15) is 0 Å². The standard InChI is InChI=1S/C16H25NO2/c1-9-10(2)12(4)14(13(5)11(9)3)15(19)17-16(6,7)8-18/h18H,8H2,1-7H3,(H,17,19). The fourth-order valence-electron chi connectivity index (χ4n) is 2.25. The summed E-state index contributed by atoms with van der Waals surface area (Å²) in [4.78, 5) is 12.5. The van der Waals surface area contributed by atoms with Crippen molar-refractivity contribution in [1.29, 1.82) is 0 Å². The second kappa shape index (κ2) is 5.33. The largest absolute Gasteiger partial charge is 0.394 e. The third kappa shape index (κ3) is 2.98. The van der Waals surface area contributed by atoms with Gasteiger partial charge in [0.15, 0.2) is 0 Å². The van der Waals surface area contributed by atoms with Crippen molar-refractivity contribution in [2.45, 2.75) is 54.0 Å². The molecule has 0 spiro atoms. The Kier molecular flexibility index (Phi) is 4.41. The van der Waals surface area contributed by atoms with E-state index in [0.29, 0.717) is 0 Å². The summed E-state index contributed by atoms with van der Waals surface area (Å²) in [6.45, 7) is 13.7. The fourth-order valence-corrected chi connectivity index (χ4v) is 2.25. The number of aliphatic hydroxyl groups excluding tert-OH is 1. The van der Waals surface area contributed by atoms with Gasteiger partial charge in [0, 0.05) is 5.56 Å². The van der Waals surface area contributed by atoms with Crippen molar-refractivity contribution >= 4 is 5.91 Å². The lowest BCUT2D eigenvalue weighted by Crippen LogP contribution is -2.46. The Morgan fingerprint density at radius 3 is 1.68 bits per heavy atom. The monoisotopic (exact) mass is 263 g/mol. The topological polar surface area (TPSA) is 49.3 Å². The Hall–Kier alpha value is -1.35. The fraction of sp³-hybridized carbons (Fsp3) is 0.562. The van der Waals surface area contributed by atoms with Crippen molar-refractivity contribution in [3.05, 3.63) is 33.4 Å². The lowest BCUT2D eigenvalue weighted by Gasteiger charge is -2.26. The number of benzene rings is 1. The summed E-state index contributed by atoms with van der Waals surface area (Å²) >= 11 is 0. The average molecular weight is 263 g/mol. The van der Waals surface area contributed by atoms with Crippen LogP contribution in [0.15, 0.2) is 0 Å². The molecule has 2 N–H and O–H groups in total. The van der Waals surface area contributed by atoms with Crippen LogP contribution >= 0.6 is 0 Å². The number of nitrogens with one attached hydrogen (secondary N) is 1. The van der Waals surface area contributed by atoms with E-state index in [9.17, 15) is 9.90 Å². The van der Waals surface area contributed by atoms with Crippen LogP contribution in [0.2, 0.25) is 0 Å². The van der Waals surface area contributed by atoms with Crippen molar-refractivity contribution in [3.63, 3.8) is 0 Å². The van der Waals surface area contributed by atoms with E-state index in [4.69, 9.17) is 0 Å². The molecule has 106 valence electrons. The van der Waals surface area contributed by atoms with Crippen LogP contribution in [-0.2, 0) is 0 Å². The zero-order chi connectivity index (χ0) is 15.0. The Balaban J connectivity index is 3.33. The van der Waals surface area contributed by atoms with Crippen molar-refractivity contribution in [2.75, 3.05) is 6.61 Å². The molecule has 0 aliphatic rings. The molecule has 19 heavy (non-hydrogen) atoms. The molecule has 1 amide bonds. The number of hydrogen-bond donors (Lipinski definition) is 2. The zero-order valence-corrected chi connectivity index (χ0v) is 13.1. The normalized spacial score (nSPS) is 11.6. The van der Waals surface area contributed by atoms with E-state index in [2.05, 4.69) is 12.2 Å². The minimum absolute atomic E-state index is 0.0827. The van der Waals surface area contributed by atoms with E-state index in [1.54, 1.807) is 0 Å². The molecule has 1 rings (SSSR count). The molecule has 0 atom stereocenters. The van der Waals surface area contributed by atoms with Crippen LogP contribution in [-0.4, -0.2) is 23.2 Å². The smallest absolute Gasteiger partial charge is 0.252 e. The Bertz CT molecular complexity index is 487. The first-order valence-corrected chi connectivity index (χ1v) is 6.62. The molecule has 0 bridgehead atoms. The first-order chi connectivity index (χ1) is 8.62. The molecule has 3 nitrogen and oxygen atoms in total. The molecule has 0 heterocycles. The summed E-state index contributed by atoms with van der Waals surface area (Å²) in [6.07, 6.45) is 0. The number of hydrogen-bond acceptors (Lipinski definition) is 2. The van der Waals surface area contributed by atoms with Crippen LogP contribution in [0.25, 0.3) is 0 Å². The predicted octanol–water partition coefficient (Wildman–Crippen LogP) is 2.73. The molecular weight excluding hydrogens is 238 g/mol. The summed E-state index contributed by atoms with van der Waals surface area (Å²) in [7, 11) is 0. The van der Waals surface area contributed by atoms with E-state index in [0.717, 1.165) is 27.8 Å². The highest BCUT2D eigenvalue weighted by Gasteiger charge is 2.24. The lowest BCUT2D eigenvalue weighted by molar-refractivity contribution is 0.0868. The van der Waals surface area contributed by atoms with Crippen LogP contribution in [0, 0.1) is 34.6 Å². The van der Waals surface area contributed by atoms with Gasteiger partial charge < -0.3 is 10.4 Å². The minimum Gasteiger partial charge on any atom is -0.394 e. The molecule has 3 heteroatoms. The second-order valence-corrected chi connectivity index (χ2v) is 6.00. The first-order valence-electron chi connectivity index (χ1n) is 6.62. The SMILES string of the molecule is Cc1c(C)c(C)c(C(=O)NC(C)(C)CO)c(C)c1C. The summed E-state index contributed by atoms with van der Waals surface area (Å²) in [5.41, 5.74) is 5.74. The third-order valence-corrected chi connectivity index (χ3v) is 4.07. The first kappa shape index (κ1) is 15.7. The van der Waals surface area contributed by atoms with Gasteiger partial charge >= 0.3 is 0 Å². The van der Waals surface area contributed by atoms with Gasteiger partial charge in [0.2, 0.25) is 0 Å². The van der Waals surface area contributed by atoms with E-state index >= 15 is 0 Å². The van der Waals surface area contributed by atoms with Crippen LogP contribution in [0.3, 0.4) is 0 Å². The molecule has 0 saturated heterocycles. The number of carbonyl (C=O) groups is 1. The van der Waals surface area contributed by atoms with E-state index in [1.807, 2.05) is 41.5 Å². The lowest BCUT2D eigenvalue weighted by atomic mass is 9.89. The number of aliphatic hydroxyl groups is 1. The highest BCUT2D eigenvalue weighted by Crippen LogP contribution is 2.26. The molecule has 0 radical (unpaired) electrons. The summed E-state index contributed by atoms with van der Waals surface area (Å²) in [5.74, 6) is -0.111. The quantitative estimate of drug-likeness (QED) is 0.881. The zero-order valence-electron chi connectivity index (χ0n) is 13.1. The van der Waals surface area contributed by atoms with Crippen molar-refractivity contribution in [2.24, 2.45) is 0 Å². The Labute approximate surface area is 116 Å². The maximum atomic E-state index is 12.5. The maximum absolute atomic E-state index is 12.5. The van der Waals surface area contributed by atoms with Gasteiger partial charge in [0.25, 0.3) is 5.91 Å². The van der Waals surface area contributed by atoms with Crippen LogP contribution in [0.5, 0.6) is 0 Å². The molecule has 0 aromatic heterocycles. The molecule has 0 aliphatic carbocycles. The number of amides is 1. The number of rotatable bonds is 3. The Morgan fingerprint density at radius 1 is 0.947 bits per heavy atom. The van der Waals surface area contributed by atoms with Gasteiger partial charge in [-0.25, -0.2) is 0 Å². The Morgan fingerprint density at radius 2 is 1.32 bits per heavy atom. The summed E-state index contributed by atoms with van der Waals surface area (Å²) in [5, 5.41) is 12.2. The summed E-state index contributed by atoms with van der Waals surface area (Å²) < 4.78 is 0. The summed E-state index contributed by atoms with van der Waals surface area (Å²) in [6, 6.07) is 0. The van der Waals surface area contributed by atoms with Gasteiger partial charge in [-0.1, -0.05) is 0 Å². The van der Waals surface area contributed by atoms with E-state index in [1.165, 1.54) is 5.56 Å². The van der Waals surface area contributed by atoms with Crippen LogP contribution < -0.4 is 5.32 Å². The van der Waals surface area contributed by atoms with Gasteiger partial charge in [-0.05, 0) is 76.3 Å². The maximum Gasteiger partial charge on any atom is 0.252 e. The third-order valence-electron chi connectivity index (χ3n) is 4.07. The highest BCUT2D eigenvalue weighted by atomic mass is 16.3. The second-order valence-electron chi connectivity index (χ2n) is 6.00. The molecule has 1 aromatic rings. The molecule has 0 fully saturated rings. The van der Waals surface area contributed by atoms with Gasteiger partial charge in [-0.15, -0.1) is 0 Å². The molecule has 0 saturated carbocycles. The molecule has 0 aliphatic heterocycles. The molecule has 1 aromatic carbocycles. The van der Waals surface area contributed by atoms with Gasteiger partial charge in [-0.3, -0.25) is 4.79 Å². The minimum atomic E-state index is -0.608. The van der Waals surface area contributed by atoms with E-state index in [-0.39, 0.29) is 12.5 Å². The predicted molar refractivity (Wildman–Crippen MR) is 78.8 cm³/mol. The van der Waals surface area contributed by atoms with E-state index < -0.39 is 5.54 Å². The van der Waals surface area contributed by atoms with Crippen LogP contribution in [0.1, 0.15) is 52.0 Å².